The number of methoxy groups -OCH3 is 1. The highest BCUT2D eigenvalue weighted by molar-refractivity contribution is 6.31. The maximum absolute atomic E-state index is 11.3. The zero-order chi connectivity index (χ0) is 14.5. The molecule has 0 aliphatic rings. The highest BCUT2D eigenvalue weighted by Gasteiger charge is 2.13. The van der Waals surface area contributed by atoms with E-state index in [9.17, 15) is 4.79 Å². The van der Waals surface area contributed by atoms with Crippen molar-refractivity contribution < 1.29 is 13.9 Å². The number of halogens is 1. The van der Waals surface area contributed by atoms with Crippen LogP contribution in [0.4, 0.5) is 0 Å². The molecule has 4 nitrogen and oxygen atoms in total. The molecule has 1 aromatic heterocycles. The van der Waals surface area contributed by atoms with Gasteiger partial charge in [-0.15, -0.1) is 0 Å². The summed E-state index contributed by atoms with van der Waals surface area (Å²) in [4.78, 5) is 11.3. The van der Waals surface area contributed by atoms with Crippen molar-refractivity contribution in [1.82, 2.24) is 5.32 Å². The van der Waals surface area contributed by atoms with Crippen molar-refractivity contribution in [3.8, 4) is 0 Å². The van der Waals surface area contributed by atoms with Gasteiger partial charge in [0.1, 0.15) is 5.76 Å². The normalized spacial score (nSPS) is 12.2. The minimum atomic E-state index is -0.476. The quantitative estimate of drug-likeness (QED) is 0.856. The molecule has 2 rings (SSSR count). The van der Waals surface area contributed by atoms with Crippen LogP contribution < -0.4 is 5.32 Å². The van der Waals surface area contributed by atoms with Gasteiger partial charge in [-0.3, -0.25) is 0 Å². The summed E-state index contributed by atoms with van der Waals surface area (Å²) in [5.41, 5.74) is 1.02. The lowest BCUT2D eigenvalue weighted by Crippen LogP contribution is -2.18. The first-order chi connectivity index (χ1) is 9.61. The van der Waals surface area contributed by atoms with Gasteiger partial charge in [0.05, 0.1) is 13.7 Å². The third-order valence-electron chi connectivity index (χ3n) is 3.00. The number of hydrogen-bond donors (Lipinski definition) is 1. The van der Waals surface area contributed by atoms with Crippen LogP contribution in [0, 0.1) is 0 Å². The van der Waals surface area contributed by atoms with Crippen LogP contribution in [-0.4, -0.2) is 13.1 Å². The average Bonchev–Trinajstić information content (AvgIpc) is 2.93. The highest BCUT2D eigenvalue weighted by Crippen LogP contribution is 2.22. The molecule has 1 atom stereocenters. The smallest absolute Gasteiger partial charge is 0.373 e. The summed E-state index contributed by atoms with van der Waals surface area (Å²) < 4.78 is 9.97. The van der Waals surface area contributed by atoms with E-state index >= 15 is 0 Å². The largest absolute Gasteiger partial charge is 0.463 e. The van der Waals surface area contributed by atoms with Gasteiger partial charge in [-0.2, -0.15) is 0 Å². The Bertz CT molecular complexity index is 594. The van der Waals surface area contributed by atoms with Crippen molar-refractivity contribution in [2.45, 2.75) is 19.5 Å². The first kappa shape index (κ1) is 14.6. The Hall–Kier alpha value is -1.78. The molecule has 106 valence electrons. The summed E-state index contributed by atoms with van der Waals surface area (Å²) >= 11 is 6.14. The lowest BCUT2D eigenvalue weighted by molar-refractivity contribution is 0.0563. The zero-order valence-corrected chi connectivity index (χ0v) is 12.1. The van der Waals surface area contributed by atoms with Crippen molar-refractivity contribution in [2.24, 2.45) is 0 Å². The predicted molar refractivity (Wildman–Crippen MR) is 76.8 cm³/mol. The van der Waals surface area contributed by atoms with Gasteiger partial charge in [0.2, 0.25) is 5.76 Å². The minimum absolute atomic E-state index is 0.0791. The van der Waals surface area contributed by atoms with Gasteiger partial charge in [0.25, 0.3) is 0 Å². The third-order valence-corrected chi connectivity index (χ3v) is 3.35. The molecule has 1 heterocycles. The Morgan fingerprint density at radius 3 is 2.80 bits per heavy atom. The maximum atomic E-state index is 11.3. The highest BCUT2D eigenvalue weighted by atomic mass is 35.5. The molecular weight excluding hydrogens is 278 g/mol. The van der Waals surface area contributed by atoms with Crippen molar-refractivity contribution in [2.75, 3.05) is 7.11 Å². The summed E-state index contributed by atoms with van der Waals surface area (Å²) in [6.07, 6.45) is 0. The summed E-state index contributed by atoms with van der Waals surface area (Å²) in [7, 11) is 1.32. The molecule has 0 aliphatic heterocycles. The molecule has 2 aromatic rings. The van der Waals surface area contributed by atoms with Gasteiger partial charge in [0, 0.05) is 11.1 Å². The molecule has 0 saturated carbocycles. The number of hydrogen-bond acceptors (Lipinski definition) is 4. The predicted octanol–water partition coefficient (Wildman–Crippen LogP) is 3.57. The molecule has 0 aliphatic carbocycles. The Morgan fingerprint density at radius 2 is 2.10 bits per heavy atom. The van der Waals surface area contributed by atoms with E-state index in [-0.39, 0.29) is 11.8 Å². The topological polar surface area (TPSA) is 51.5 Å². The summed E-state index contributed by atoms with van der Waals surface area (Å²) in [5.74, 6) is 0.398. The van der Waals surface area contributed by atoms with E-state index in [1.54, 1.807) is 12.1 Å². The Balaban J connectivity index is 1.97. The van der Waals surface area contributed by atoms with Crippen LogP contribution in [0.25, 0.3) is 0 Å². The van der Waals surface area contributed by atoms with E-state index in [0.717, 1.165) is 10.6 Å². The van der Waals surface area contributed by atoms with Crippen molar-refractivity contribution >= 4 is 17.6 Å². The molecule has 1 unspecified atom stereocenters. The molecule has 0 fully saturated rings. The van der Waals surface area contributed by atoms with Gasteiger partial charge in [-0.25, -0.2) is 4.79 Å². The lowest BCUT2D eigenvalue weighted by Gasteiger charge is -2.14. The number of carbonyl (C=O) groups excluding carboxylic acids is 1. The molecule has 0 spiro atoms. The second-order valence-electron chi connectivity index (χ2n) is 4.38. The van der Waals surface area contributed by atoms with E-state index < -0.39 is 5.97 Å². The molecule has 1 N–H and O–H groups in total. The van der Waals surface area contributed by atoms with E-state index in [2.05, 4.69) is 10.1 Å². The molecule has 0 saturated heterocycles. The lowest BCUT2D eigenvalue weighted by atomic mass is 10.1. The van der Waals surface area contributed by atoms with E-state index in [1.807, 2.05) is 31.2 Å². The Labute approximate surface area is 122 Å². The number of benzene rings is 1. The maximum Gasteiger partial charge on any atom is 0.373 e. The van der Waals surface area contributed by atoms with E-state index in [0.29, 0.717) is 12.3 Å². The fourth-order valence-electron chi connectivity index (χ4n) is 1.87. The van der Waals surface area contributed by atoms with Crippen LogP contribution in [-0.2, 0) is 11.3 Å². The third kappa shape index (κ3) is 3.40. The SMILES string of the molecule is COC(=O)c1ccc(CNC(C)c2ccccc2Cl)o1. The fourth-order valence-corrected chi connectivity index (χ4v) is 2.17. The standard InChI is InChI=1S/C15H16ClNO3/c1-10(12-5-3-4-6-13(12)16)17-9-11-7-8-14(20-11)15(18)19-2/h3-8,10,17H,9H2,1-2H3. The van der Waals surface area contributed by atoms with Crippen LogP contribution in [0.3, 0.4) is 0 Å². The second-order valence-corrected chi connectivity index (χ2v) is 4.79. The van der Waals surface area contributed by atoms with E-state index in [4.69, 9.17) is 16.0 Å². The van der Waals surface area contributed by atoms with Crippen molar-refractivity contribution in [1.29, 1.82) is 0 Å². The first-order valence-corrected chi connectivity index (χ1v) is 6.64. The van der Waals surface area contributed by atoms with Gasteiger partial charge < -0.3 is 14.5 Å². The summed E-state index contributed by atoms with van der Waals surface area (Å²) in [5, 5.41) is 4.02. The van der Waals surface area contributed by atoms with Crippen molar-refractivity contribution in [3.05, 3.63) is 58.5 Å². The van der Waals surface area contributed by atoms with Crippen LogP contribution in [0.1, 0.15) is 34.8 Å². The molecule has 0 bridgehead atoms. The van der Waals surface area contributed by atoms with Gasteiger partial charge >= 0.3 is 5.97 Å². The minimum Gasteiger partial charge on any atom is -0.463 e. The summed E-state index contributed by atoms with van der Waals surface area (Å²) in [6, 6.07) is 11.1. The molecule has 0 radical (unpaired) electrons. The zero-order valence-electron chi connectivity index (χ0n) is 11.4. The average molecular weight is 294 g/mol. The molecule has 20 heavy (non-hydrogen) atoms. The van der Waals surface area contributed by atoms with Crippen LogP contribution in [0.15, 0.2) is 40.8 Å². The van der Waals surface area contributed by atoms with Gasteiger partial charge in [0.15, 0.2) is 0 Å². The van der Waals surface area contributed by atoms with Gasteiger partial charge in [-0.05, 0) is 30.7 Å². The number of rotatable bonds is 5. The van der Waals surface area contributed by atoms with Crippen LogP contribution in [0.2, 0.25) is 5.02 Å². The number of esters is 1. The molecule has 0 amide bonds. The van der Waals surface area contributed by atoms with Crippen LogP contribution >= 0.6 is 11.6 Å². The monoisotopic (exact) mass is 293 g/mol. The number of carbonyl (C=O) groups is 1. The van der Waals surface area contributed by atoms with Gasteiger partial charge in [-0.1, -0.05) is 29.8 Å². The van der Waals surface area contributed by atoms with E-state index in [1.165, 1.54) is 7.11 Å². The summed E-state index contributed by atoms with van der Waals surface area (Å²) in [6.45, 7) is 2.52. The number of furan rings is 1. The Kier molecular flexibility index (Phi) is 4.82. The van der Waals surface area contributed by atoms with Crippen molar-refractivity contribution in [3.63, 3.8) is 0 Å². The first-order valence-electron chi connectivity index (χ1n) is 6.26. The number of ether oxygens (including phenoxy) is 1. The fraction of sp³-hybridized carbons (Fsp3) is 0.267. The number of nitrogens with one attached hydrogen (secondary N) is 1. The molecular formula is C15H16ClNO3. The molecule has 5 heteroatoms. The second kappa shape index (κ2) is 6.59. The molecule has 1 aromatic carbocycles. The Morgan fingerprint density at radius 1 is 1.35 bits per heavy atom. The van der Waals surface area contributed by atoms with Crippen LogP contribution in [0.5, 0.6) is 0 Å².